The number of anilines is 1. The molecule has 1 heterocycles. The second-order valence-electron chi connectivity index (χ2n) is 5.12. The van der Waals surface area contributed by atoms with E-state index in [2.05, 4.69) is 44.7 Å². The molecule has 0 fully saturated rings. The van der Waals surface area contributed by atoms with Gasteiger partial charge in [0.25, 0.3) is 0 Å². The fourth-order valence-electron chi connectivity index (χ4n) is 2.75. The number of fused-ring (bicyclic) bond motifs is 1. The van der Waals surface area contributed by atoms with Crippen molar-refractivity contribution < 1.29 is 4.79 Å². The van der Waals surface area contributed by atoms with Gasteiger partial charge in [0.05, 0.1) is 5.54 Å². The quantitative estimate of drug-likeness (QED) is 0.723. The maximum absolute atomic E-state index is 10.8. The smallest absolute Gasteiger partial charge is 0.150 e. The highest BCUT2D eigenvalue weighted by molar-refractivity contribution is 5.86. The third-order valence-electron chi connectivity index (χ3n) is 3.45. The predicted octanol–water partition coefficient (Wildman–Crippen LogP) is 3.52. The van der Waals surface area contributed by atoms with Gasteiger partial charge in [-0.25, -0.2) is 0 Å². The zero-order valence-electron chi connectivity index (χ0n) is 10.9. The summed E-state index contributed by atoms with van der Waals surface area (Å²) in [6.45, 7) is 9.67. The first-order chi connectivity index (χ1) is 7.99. The lowest BCUT2D eigenvalue weighted by Crippen LogP contribution is -2.44. The second kappa shape index (κ2) is 4.02. The molecule has 0 radical (unpaired) electrons. The SMILES string of the molecule is CCN1c2ccc(C=O)cc2C(C)=CC1(C)C. The predicted molar refractivity (Wildman–Crippen MR) is 72.6 cm³/mol. The maximum atomic E-state index is 10.8. The van der Waals surface area contributed by atoms with Crippen LogP contribution in [0.4, 0.5) is 5.69 Å². The van der Waals surface area contributed by atoms with E-state index in [0.29, 0.717) is 0 Å². The second-order valence-corrected chi connectivity index (χ2v) is 5.12. The van der Waals surface area contributed by atoms with Gasteiger partial charge >= 0.3 is 0 Å². The minimum atomic E-state index is 0.0362. The maximum Gasteiger partial charge on any atom is 0.150 e. The van der Waals surface area contributed by atoms with Crippen LogP contribution >= 0.6 is 0 Å². The molecule has 0 aliphatic carbocycles. The summed E-state index contributed by atoms with van der Waals surface area (Å²) >= 11 is 0. The molecule has 1 aliphatic heterocycles. The molecule has 1 aromatic carbocycles. The summed E-state index contributed by atoms with van der Waals surface area (Å²) in [5.74, 6) is 0. The van der Waals surface area contributed by atoms with Gasteiger partial charge in [-0.05, 0) is 51.5 Å². The van der Waals surface area contributed by atoms with Crippen molar-refractivity contribution in [2.24, 2.45) is 0 Å². The van der Waals surface area contributed by atoms with Crippen molar-refractivity contribution >= 4 is 17.5 Å². The van der Waals surface area contributed by atoms with Crippen LogP contribution in [0.2, 0.25) is 0 Å². The molecule has 90 valence electrons. The molecule has 2 heteroatoms. The standard InChI is InChI=1S/C15H19NO/c1-5-16-14-7-6-12(10-17)8-13(14)11(2)9-15(16,3)4/h6-10H,5H2,1-4H3. The summed E-state index contributed by atoms with van der Waals surface area (Å²) in [5, 5.41) is 0. The lowest BCUT2D eigenvalue weighted by atomic mass is 9.88. The topological polar surface area (TPSA) is 20.3 Å². The van der Waals surface area contributed by atoms with Gasteiger partial charge in [-0.2, -0.15) is 0 Å². The largest absolute Gasteiger partial charge is 0.363 e. The van der Waals surface area contributed by atoms with Gasteiger partial charge in [0.1, 0.15) is 6.29 Å². The van der Waals surface area contributed by atoms with E-state index in [1.807, 2.05) is 12.1 Å². The molecule has 2 rings (SSSR count). The Hall–Kier alpha value is -1.57. The fourth-order valence-corrected chi connectivity index (χ4v) is 2.75. The summed E-state index contributed by atoms with van der Waals surface area (Å²) in [5.41, 5.74) is 4.43. The minimum Gasteiger partial charge on any atom is -0.363 e. The Kier molecular flexibility index (Phi) is 2.82. The number of nitrogens with zero attached hydrogens (tertiary/aromatic N) is 1. The minimum absolute atomic E-state index is 0.0362. The Morgan fingerprint density at radius 3 is 2.65 bits per heavy atom. The lowest BCUT2D eigenvalue weighted by molar-refractivity contribution is 0.112. The molecule has 17 heavy (non-hydrogen) atoms. The van der Waals surface area contributed by atoms with Crippen LogP contribution in [-0.4, -0.2) is 18.4 Å². The molecule has 1 aliphatic rings. The number of allylic oxidation sites excluding steroid dienone is 1. The first-order valence-electron chi connectivity index (χ1n) is 6.06. The molecule has 0 saturated carbocycles. The number of hydrogen-bond donors (Lipinski definition) is 0. The molecule has 2 nitrogen and oxygen atoms in total. The number of rotatable bonds is 2. The summed E-state index contributed by atoms with van der Waals surface area (Å²) in [7, 11) is 0. The molecule has 0 saturated heterocycles. The molecule has 0 N–H and O–H groups in total. The van der Waals surface area contributed by atoms with E-state index in [1.165, 1.54) is 16.8 Å². The Balaban J connectivity index is 2.63. The van der Waals surface area contributed by atoms with Crippen LogP contribution in [0.3, 0.4) is 0 Å². The van der Waals surface area contributed by atoms with Gasteiger partial charge in [0.15, 0.2) is 0 Å². The molecule has 0 spiro atoms. The van der Waals surface area contributed by atoms with Crippen molar-refractivity contribution in [2.45, 2.75) is 33.2 Å². The summed E-state index contributed by atoms with van der Waals surface area (Å²) in [4.78, 5) is 13.2. The monoisotopic (exact) mass is 229 g/mol. The molecule has 0 atom stereocenters. The van der Waals surface area contributed by atoms with E-state index < -0.39 is 0 Å². The van der Waals surface area contributed by atoms with Gasteiger partial charge in [0.2, 0.25) is 0 Å². The van der Waals surface area contributed by atoms with E-state index in [-0.39, 0.29) is 5.54 Å². The average molecular weight is 229 g/mol. The molecule has 0 unspecified atom stereocenters. The summed E-state index contributed by atoms with van der Waals surface area (Å²) in [6.07, 6.45) is 3.18. The Morgan fingerprint density at radius 1 is 1.35 bits per heavy atom. The van der Waals surface area contributed by atoms with Crippen molar-refractivity contribution in [1.29, 1.82) is 0 Å². The van der Waals surface area contributed by atoms with Gasteiger partial charge in [-0.1, -0.05) is 6.08 Å². The van der Waals surface area contributed by atoms with Gasteiger partial charge in [-0.3, -0.25) is 4.79 Å². The van der Waals surface area contributed by atoms with Crippen LogP contribution in [0, 0.1) is 0 Å². The van der Waals surface area contributed by atoms with Crippen molar-refractivity contribution in [2.75, 3.05) is 11.4 Å². The van der Waals surface area contributed by atoms with Crippen LogP contribution < -0.4 is 4.90 Å². The van der Waals surface area contributed by atoms with E-state index in [1.54, 1.807) is 0 Å². The van der Waals surface area contributed by atoms with E-state index >= 15 is 0 Å². The van der Waals surface area contributed by atoms with E-state index in [0.717, 1.165) is 18.4 Å². The number of carbonyl (C=O) groups is 1. The normalized spacial score (nSPS) is 17.4. The molecule has 0 amide bonds. The molecular formula is C15H19NO. The number of carbonyl (C=O) groups excluding carboxylic acids is 1. The highest BCUT2D eigenvalue weighted by Crippen LogP contribution is 2.38. The summed E-state index contributed by atoms with van der Waals surface area (Å²) < 4.78 is 0. The van der Waals surface area contributed by atoms with Crippen molar-refractivity contribution in [3.8, 4) is 0 Å². The van der Waals surface area contributed by atoms with Crippen molar-refractivity contribution in [1.82, 2.24) is 0 Å². The number of aldehydes is 1. The Morgan fingerprint density at radius 2 is 2.06 bits per heavy atom. The zero-order chi connectivity index (χ0) is 12.6. The van der Waals surface area contributed by atoms with Crippen LogP contribution in [0.25, 0.3) is 5.57 Å². The third-order valence-corrected chi connectivity index (χ3v) is 3.45. The van der Waals surface area contributed by atoms with Crippen molar-refractivity contribution in [3.05, 3.63) is 35.4 Å². The molecule has 0 bridgehead atoms. The molecule has 0 aromatic heterocycles. The van der Waals surface area contributed by atoms with Gasteiger partial charge in [-0.15, -0.1) is 0 Å². The average Bonchev–Trinajstić information content (AvgIpc) is 2.28. The Bertz CT molecular complexity index is 486. The summed E-state index contributed by atoms with van der Waals surface area (Å²) in [6, 6.07) is 5.93. The Labute approximate surface area is 103 Å². The molecule has 1 aromatic rings. The highest BCUT2D eigenvalue weighted by Gasteiger charge is 2.29. The molecular weight excluding hydrogens is 210 g/mol. The highest BCUT2D eigenvalue weighted by atomic mass is 16.1. The van der Waals surface area contributed by atoms with Crippen LogP contribution in [-0.2, 0) is 0 Å². The fraction of sp³-hybridized carbons (Fsp3) is 0.400. The zero-order valence-corrected chi connectivity index (χ0v) is 10.9. The first-order valence-corrected chi connectivity index (χ1v) is 6.06. The van der Waals surface area contributed by atoms with E-state index in [9.17, 15) is 4.79 Å². The lowest BCUT2D eigenvalue weighted by Gasteiger charge is -2.42. The van der Waals surface area contributed by atoms with Gasteiger partial charge < -0.3 is 4.90 Å². The van der Waals surface area contributed by atoms with E-state index in [4.69, 9.17) is 0 Å². The number of benzene rings is 1. The number of likely N-dealkylation sites (N-methyl/N-ethyl adjacent to an activating group) is 1. The third kappa shape index (κ3) is 1.88. The van der Waals surface area contributed by atoms with Crippen LogP contribution in [0.5, 0.6) is 0 Å². The van der Waals surface area contributed by atoms with Crippen LogP contribution in [0.15, 0.2) is 24.3 Å². The number of hydrogen-bond acceptors (Lipinski definition) is 2. The van der Waals surface area contributed by atoms with Crippen LogP contribution in [0.1, 0.15) is 43.6 Å². The first kappa shape index (κ1) is 11.9. The van der Waals surface area contributed by atoms with Crippen molar-refractivity contribution in [3.63, 3.8) is 0 Å². The van der Waals surface area contributed by atoms with Gasteiger partial charge in [0, 0.05) is 23.4 Å².